The number of ether oxygens (including phenoxy) is 3. The van der Waals surface area contributed by atoms with Crippen LogP contribution in [0.5, 0.6) is 5.75 Å². The Hall–Kier alpha value is -3.48. The molecule has 222 valence electrons. The van der Waals surface area contributed by atoms with Crippen LogP contribution < -0.4 is 21.1 Å². The molecule has 41 heavy (non-hydrogen) atoms. The number of nitrogens with zero attached hydrogens (tertiary/aromatic N) is 1. The SMILES string of the molecule is CC(C)C[C@H](NC(=O)C1CC2(CN1C(=O)CNC(=O)CCCOc1ccccc1)OCCO2)c1cc(C(=N)N)cs1. The number of amides is 3. The van der Waals surface area contributed by atoms with Crippen molar-refractivity contribution in [2.24, 2.45) is 11.7 Å². The van der Waals surface area contributed by atoms with E-state index in [1.54, 1.807) is 5.38 Å². The summed E-state index contributed by atoms with van der Waals surface area (Å²) in [5, 5.41) is 15.3. The fraction of sp³-hybridized carbons (Fsp3) is 0.517. The van der Waals surface area contributed by atoms with E-state index in [-0.39, 0.29) is 61.4 Å². The number of amidine groups is 1. The average molecular weight is 586 g/mol. The molecular weight excluding hydrogens is 546 g/mol. The first kappa shape index (κ1) is 30.5. The first-order valence-corrected chi connectivity index (χ1v) is 14.8. The molecule has 0 saturated carbocycles. The van der Waals surface area contributed by atoms with Gasteiger partial charge in [0.1, 0.15) is 17.6 Å². The molecule has 0 bridgehead atoms. The van der Waals surface area contributed by atoms with Crippen LogP contribution in [0.1, 0.15) is 56.0 Å². The van der Waals surface area contributed by atoms with Crippen LogP contribution >= 0.6 is 11.3 Å². The maximum atomic E-state index is 13.7. The van der Waals surface area contributed by atoms with E-state index in [1.807, 2.05) is 36.4 Å². The zero-order valence-corrected chi connectivity index (χ0v) is 24.3. The lowest BCUT2D eigenvalue weighted by atomic mass is 10.0. The third kappa shape index (κ3) is 8.27. The molecule has 3 heterocycles. The summed E-state index contributed by atoms with van der Waals surface area (Å²) in [6.45, 7) is 5.15. The molecule has 1 aromatic carbocycles. The second-order valence-electron chi connectivity index (χ2n) is 10.7. The molecule has 11 nitrogen and oxygen atoms in total. The highest BCUT2D eigenvalue weighted by Crippen LogP contribution is 2.36. The van der Waals surface area contributed by atoms with E-state index in [0.29, 0.717) is 38.2 Å². The van der Waals surface area contributed by atoms with Crippen molar-refractivity contribution in [2.45, 2.75) is 57.4 Å². The number of benzene rings is 1. The van der Waals surface area contributed by atoms with Gasteiger partial charge in [-0.25, -0.2) is 0 Å². The molecule has 2 aromatic rings. The fourth-order valence-corrected chi connectivity index (χ4v) is 5.98. The molecule has 2 aliphatic heterocycles. The zero-order valence-electron chi connectivity index (χ0n) is 23.5. The summed E-state index contributed by atoms with van der Waals surface area (Å²) in [6, 6.07) is 10.0. The molecule has 2 aliphatic rings. The van der Waals surface area contributed by atoms with Gasteiger partial charge in [0.2, 0.25) is 17.7 Å². The lowest BCUT2D eigenvalue weighted by Gasteiger charge is -2.26. The summed E-state index contributed by atoms with van der Waals surface area (Å²) in [5.74, 6) is -1.01. The van der Waals surface area contributed by atoms with E-state index < -0.39 is 11.8 Å². The highest BCUT2D eigenvalue weighted by atomic mass is 32.1. The average Bonchev–Trinajstić information content (AvgIpc) is 3.70. The van der Waals surface area contributed by atoms with Crippen molar-refractivity contribution in [2.75, 3.05) is 32.9 Å². The Morgan fingerprint density at radius 1 is 1.22 bits per heavy atom. The highest BCUT2D eigenvalue weighted by molar-refractivity contribution is 7.10. The number of para-hydroxylation sites is 1. The molecule has 2 fully saturated rings. The summed E-state index contributed by atoms with van der Waals surface area (Å²) < 4.78 is 17.3. The van der Waals surface area contributed by atoms with Gasteiger partial charge in [-0.3, -0.25) is 19.8 Å². The van der Waals surface area contributed by atoms with Crippen LogP contribution in [0.2, 0.25) is 0 Å². The predicted molar refractivity (Wildman–Crippen MR) is 155 cm³/mol. The van der Waals surface area contributed by atoms with Crippen molar-refractivity contribution in [3.05, 3.63) is 52.2 Å². The number of thiophene rings is 1. The smallest absolute Gasteiger partial charge is 0.243 e. The summed E-state index contributed by atoms with van der Waals surface area (Å²) in [5.41, 5.74) is 6.26. The van der Waals surface area contributed by atoms with Crippen LogP contribution in [-0.2, 0) is 23.9 Å². The van der Waals surface area contributed by atoms with Gasteiger partial charge in [0.15, 0.2) is 5.79 Å². The molecule has 2 atom stereocenters. The number of nitrogens with one attached hydrogen (secondary N) is 3. The monoisotopic (exact) mass is 585 g/mol. The van der Waals surface area contributed by atoms with Gasteiger partial charge >= 0.3 is 0 Å². The van der Waals surface area contributed by atoms with E-state index in [1.165, 1.54) is 16.2 Å². The van der Waals surface area contributed by atoms with Gasteiger partial charge < -0.3 is 35.5 Å². The molecule has 12 heteroatoms. The molecule has 0 radical (unpaired) electrons. The second-order valence-corrected chi connectivity index (χ2v) is 11.7. The van der Waals surface area contributed by atoms with Gasteiger partial charge in [-0.15, -0.1) is 11.3 Å². The van der Waals surface area contributed by atoms with E-state index >= 15 is 0 Å². The summed E-state index contributed by atoms with van der Waals surface area (Å²) in [6.07, 6.45) is 1.58. The van der Waals surface area contributed by atoms with Crippen molar-refractivity contribution in [1.82, 2.24) is 15.5 Å². The standard InChI is InChI=1S/C29H39N5O6S/c1-19(2)13-22(24-14-20(17-41-24)27(30)31)33-28(37)23-15-29(39-11-12-40-29)18-34(23)26(36)16-32-25(35)9-6-10-38-21-7-4-3-5-8-21/h3-5,7-8,14,17,19,22-23H,6,9-13,15-16,18H2,1-2H3,(H3,30,31)(H,32,35)(H,33,37)/t22-,23?/m0/s1. The number of carbonyl (C=O) groups is 3. The fourth-order valence-electron chi connectivity index (χ4n) is 5.01. The van der Waals surface area contributed by atoms with Gasteiger partial charge in [-0.1, -0.05) is 32.0 Å². The molecule has 4 rings (SSSR count). The van der Waals surface area contributed by atoms with Gasteiger partial charge in [-0.05, 0) is 37.0 Å². The maximum absolute atomic E-state index is 13.7. The van der Waals surface area contributed by atoms with Crippen molar-refractivity contribution in [1.29, 1.82) is 5.41 Å². The van der Waals surface area contributed by atoms with Crippen LogP contribution in [0.3, 0.4) is 0 Å². The Bertz CT molecular complexity index is 1210. The van der Waals surface area contributed by atoms with E-state index in [2.05, 4.69) is 24.5 Å². The van der Waals surface area contributed by atoms with Crippen molar-refractivity contribution < 1.29 is 28.6 Å². The predicted octanol–water partition coefficient (Wildman–Crippen LogP) is 2.55. The van der Waals surface area contributed by atoms with Crippen LogP contribution in [0.25, 0.3) is 0 Å². The van der Waals surface area contributed by atoms with Crippen molar-refractivity contribution >= 4 is 34.9 Å². The maximum Gasteiger partial charge on any atom is 0.243 e. The molecule has 1 unspecified atom stereocenters. The van der Waals surface area contributed by atoms with Gasteiger partial charge in [-0.2, -0.15) is 0 Å². The Morgan fingerprint density at radius 3 is 2.61 bits per heavy atom. The number of hydrogen-bond donors (Lipinski definition) is 4. The second kappa shape index (κ2) is 13.9. The molecule has 3 amide bonds. The lowest BCUT2D eigenvalue weighted by molar-refractivity contribution is -0.152. The minimum absolute atomic E-state index is 0.0297. The molecule has 1 aromatic heterocycles. The first-order chi connectivity index (χ1) is 19.7. The largest absolute Gasteiger partial charge is 0.494 e. The van der Waals surface area contributed by atoms with Crippen LogP contribution in [0.4, 0.5) is 0 Å². The third-order valence-corrected chi connectivity index (χ3v) is 8.07. The number of likely N-dealkylation sites (tertiary alicyclic amines) is 1. The number of nitrogens with two attached hydrogens (primary N) is 1. The van der Waals surface area contributed by atoms with E-state index in [9.17, 15) is 14.4 Å². The molecule has 2 saturated heterocycles. The summed E-state index contributed by atoms with van der Waals surface area (Å²) in [4.78, 5) is 41.7. The van der Waals surface area contributed by atoms with Crippen LogP contribution in [0, 0.1) is 11.3 Å². The number of hydrogen-bond acceptors (Lipinski definition) is 8. The topological polar surface area (TPSA) is 156 Å². The number of nitrogen functional groups attached to an aromatic ring is 1. The number of carbonyl (C=O) groups excluding carboxylic acids is 3. The van der Waals surface area contributed by atoms with E-state index in [4.69, 9.17) is 25.4 Å². The summed E-state index contributed by atoms with van der Waals surface area (Å²) in [7, 11) is 0. The first-order valence-electron chi connectivity index (χ1n) is 13.9. The highest BCUT2D eigenvalue weighted by Gasteiger charge is 2.52. The molecule has 0 aliphatic carbocycles. The number of rotatable bonds is 13. The quantitative estimate of drug-likeness (QED) is 0.160. The van der Waals surface area contributed by atoms with Crippen LogP contribution in [0.15, 0.2) is 41.8 Å². The van der Waals surface area contributed by atoms with Gasteiger partial charge in [0.05, 0.1) is 39.0 Å². The third-order valence-electron chi connectivity index (χ3n) is 7.02. The minimum atomic E-state index is -1.03. The summed E-state index contributed by atoms with van der Waals surface area (Å²) >= 11 is 1.43. The zero-order chi connectivity index (χ0) is 29.4. The van der Waals surface area contributed by atoms with Crippen molar-refractivity contribution in [3.63, 3.8) is 0 Å². The minimum Gasteiger partial charge on any atom is -0.494 e. The van der Waals surface area contributed by atoms with Crippen LogP contribution in [-0.4, -0.2) is 73.2 Å². The Kier molecular flexibility index (Phi) is 10.4. The Labute approximate surface area is 244 Å². The van der Waals surface area contributed by atoms with Gasteiger partial charge in [0.25, 0.3) is 0 Å². The van der Waals surface area contributed by atoms with Gasteiger partial charge in [0, 0.05) is 28.7 Å². The molecule has 1 spiro atoms. The lowest BCUT2D eigenvalue weighted by Crippen LogP contribution is -2.49. The Balaban J connectivity index is 1.35. The van der Waals surface area contributed by atoms with Crippen molar-refractivity contribution in [3.8, 4) is 5.75 Å². The molecule has 5 N–H and O–H groups in total. The Morgan fingerprint density at radius 2 is 1.95 bits per heavy atom. The molecular formula is C29H39N5O6S. The normalized spacial score (nSPS) is 18.4. The van der Waals surface area contributed by atoms with E-state index in [0.717, 1.165) is 10.6 Å².